The van der Waals surface area contributed by atoms with Crippen molar-refractivity contribution < 1.29 is 5.11 Å². The van der Waals surface area contributed by atoms with Crippen LogP contribution < -0.4 is 5.32 Å². The van der Waals surface area contributed by atoms with Crippen molar-refractivity contribution in [3.05, 3.63) is 54.1 Å². The molecule has 22 heavy (non-hydrogen) atoms. The summed E-state index contributed by atoms with van der Waals surface area (Å²) in [5.74, 6) is 0. The summed E-state index contributed by atoms with van der Waals surface area (Å²) < 4.78 is 2.04. The molecule has 1 aliphatic rings. The number of thiocarbonyl (C=S) groups is 1. The van der Waals surface area contributed by atoms with E-state index in [4.69, 9.17) is 17.3 Å². The molecule has 5 nitrogen and oxygen atoms in total. The zero-order valence-corrected chi connectivity index (χ0v) is 13.3. The van der Waals surface area contributed by atoms with Crippen molar-refractivity contribution in [2.24, 2.45) is 7.05 Å². The number of nitrogens with zero attached hydrogens (tertiary/aromatic N) is 3. The number of nitrogens with one attached hydrogen (secondary N) is 1. The maximum Gasteiger partial charge on any atom is 0.170 e. The third kappa shape index (κ3) is 2.84. The van der Waals surface area contributed by atoms with Crippen molar-refractivity contribution in [3.63, 3.8) is 0 Å². The van der Waals surface area contributed by atoms with Gasteiger partial charge in [-0.25, -0.2) is 0 Å². The van der Waals surface area contributed by atoms with Gasteiger partial charge in [0.25, 0.3) is 0 Å². The molecule has 0 spiro atoms. The molecule has 0 bridgehead atoms. The van der Waals surface area contributed by atoms with E-state index in [0.717, 1.165) is 17.4 Å². The number of aromatic nitrogens is 2. The van der Waals surface area contributed by atoms with E-state index in [-0.39, 0.29) is 18.7 Å². The molecule has 0 saturated carbocycles. The summed E-state index contributed by atoms with van der Waals surface area (Å²) in [5, 5.41) is 13.3. The van der Waals surface area contributed by atoms with Crippen LogP contribution in [0.25, 0.3) is 0 Å². The molecule has 6 heteroatoms. The molecule has 0 unspecified atom stereocenters. The third-order valence-electron chi connectivity index (χ3n) is 3.95. The van der Waals surface area contributed by atoms with E-state index in [1.807, 2.05) is 36.0 Å². The van der Waals surface area contributed by atoms with Crippen molar-refractivity contribution in [2.75, 3.05) is 13.2 Å². The second kappa shape index (κ2) is 6.46. The molecule has 0 aliphatic carbocycles. The van der Waals surface area contributed by atoms with Gasteiger partial charge in [-0.15, -0.1) is 0 Å². The normalized spacial score (nSPS) is 21.2. The molecule has 3 rings (SSSR count). The van der Waals surface area contributed by atoms with Crippen LogP contribution in [-0.2, 0) is 7.05 Å². The largest absolute Gasteiger partial charge is 0.396 e. The number of hydrogen-bond acceptors (Lipinski definition) is 3. The van der Waals surface area contributed by atoms with Crippen LogP contribution in [0.2, 0.25) is 0 Å². The molecule has 1 aliphatic heterocycles. The standard InChI is InChI=1S/C16H20N4OS/c1-19-9-6-12(11-19)15-14(13-5-2-3-7-17-13)18-16(22)20(15)8-4-10-21/h2-3,5-7,9,11,14-15,21H,4,8,10H2,1H3,(H,18,22)/t14-,15-/m0/s1. The fraction of sp³-hybridized carbons (Fsp3) is 0.375. The smallest absolute Gasteiger partial charge is 0.170 e. The first-order valence-electron chi connectivity index (χ1n) is 7.41. The molecule has 1 fully saturated rings. The molecular weight excluding hydrogens is 296 g/mol. The van der Waals surface area contributed by atoms with Crippen LogP contribution in [0.3, 0.4) is 0 Å². The third-order valence-corrected chi connectivity index (χ3v) is 4.30. The number of hydrogen-bond donors (Lipinski definition) is 2. The quantitative estimate of drug-likeness (QED) is 0.824. The van der Waals surface area contributed by atoms with Gasteiger partial charge in [-0.3, -0.25) is 4.98 Å². The minimum absolute atomic E-state index is 0.0230. The van der Waals surface area contributed by atoms with E-state index < -0.39 is 0 Å². The molecule has 2 N–H and O–H groups in total. The monoisotopic (exact) mass is 316 g/mol. The van der Waals surface area contributed by atoms with Gasteiger partial charge in [0.05, 0.1) is 17.8 Å². The Kier molecular flexibility index (Phi) is 4.40. The molecular formula is C16H20N4OS. The van der Waals surface area contributed by atoms with Gasteiger partial charge in [0.1, 0.15) is 0 Å². The Morgan fingerprint density at radius 3 is 2.86 bits per heavy atom. The lowest BCUT2D eigenvalue weighted by Crippen LogP contribution is -2.31. The maximum absolute atomic E-state index is 9.15. The zero-order valence-electron chi connectivity index (χ0n) is 12.5. The highest BCUT2D eigenvalue weighted by Gasteiger charge is 2.39. The Hall–Kier alpha value is -1.92. The lowest BCUT2D eigenvalue weighted by molar-refractivity contribution is 0.247. The second-order valence-electron chi connectivity index (χ2n) is 5.51. The highest BCUT2D eigenvalue weighted by molar-refractivity contribution is 7.80. The van der Waals surface area contributed by atoms with E-state index in [1.54, 1.807) is 6.20 Å². The van der Waals surface area contributed by atoms with Crippen molar-refractivity contribution in [1.82, 2.24) is 19.8 Å². The lowest BCUT2D eigenvalue weighted by atomic mass is 9.99. The number of aliphatic hydroxyl groups is 1. The van der Waals surface area contributed by atoms with Crippen LogP contribution in [-0.4, -0.2) is 37.8 Å². The van der Waals surface area contributed by atoms with E-state index >= 15 is 0 Å². The van der Waals surface area contributed by atoms with Crippen LogP contribution in [0.4, 0.5) is 0 Å². The van der Waals surface area contributed by atoms with Crippen molar-refractivity contribution in [3.8, 4) is 0 Å². The Labute approximate surface area is 135 Å². The highest BCUT2D eigenvalue weighted by atomic mass is 32.1. The molecule has 2 atom stereocenters. The number of aliphatic hydroxyl groups excluding tert-OH is 1. The van der Waals surface area contributed by atoms with Gasteiger partial charge >= 0.3 is 0 Å². The molecule has 0 amide bonds. The topological polar surface area (TPSA) is 53.3 Å². The first kappa shape index (κ1) is 15.0. The van der Waals surface area contributed by atoms with Crippen LogP contribution in [0.1, 0.15) is 29.8 Å². The Morgan fingerprint density at radius 1 is 1.36 bits per heavy atom. The van der Waals surface area contributed by atoms with E-state index in [2.05, 4.69) is 27.5 Å². The van der Waals surface area contributed by atoms with Crippen LogP contribution >= 0.6 is 12.2 Å². The van der Waals surface area contributed by atoms with E-state index in [0.29, 0.717) is 6.42 Å². The second-order valence-corrected chi connectivity index (χ2v) is 5.89. The molecule has 0 radical (unpaired) electrons. The molecule has 3 heterocycles. The Morgan fingerprint density at radius 2 is 2.23 bits per heavy atom. The summed E-state index contributed by atoms with van der Waals surface area (Å²) in [6, 6.07) is 8.15. The van der Waals surface area contributed by atoms with Gasteiger partial charge in [-0.05, 0) is 42.4 Å². The Bertz CT molecular complexity index is 643. The molecule has 2 aromatic rings. The number of rotatable bonds is 5. The average molecular weight is 316 g/mol. The molecule has 116 valence electrons. The summed E-state index contributed by atoms with van der Waals surface area (Å²) in [7, 11) is 2.01. The van der Waals surface area contributed by atoms with E-state index in [1.165, 1.54) is 5.56 Å². The summed E-state index contributed by atoms with van der Waals surface area (Å²) in [6.07, 6.45) is 6.65. The summed E-state index contributed by atoms with van der Waals surface area (Å²) in [4.78, 5) is 6.64. The van der Waals surface area contributed by atoms with Crippen molar-refractivity contribution in [2.45, 2.75) is 18.5 Å². The van der Waals surface area contributed by atoms with Gasteiger partial charge in [0.2, 0.25) is 0 Å². The first-order chi connectivity index (χ1) is 10.7. The van der Waals surface area contributed by atoms with Crippen molar-refractivity contribution >= 4 is 17.3 Å². The summed E-state index contributed by atoms with van der Waals surface area (Å²) in [5.41, 5.74) is 2.17. The number of pyridine rings is 1. The van der Waals surface area contributed by atoms with E-state index in [9.17, 15) is 0 Å². The lowest BCUT2D eigenvalue weighted by Gasteiger charge is -2.26. The van der Waals surface area contributed by atoms with Gasteiger partial charge in [0.15, 0.2) is 5.11 Å². The highest BCUT2D eigenvalue weighted by Crippen LogP contribution is 2.38. The summed E-state index contributed by atoms with van der Waals surface area (Å²) >= 11 is 5.51. The van der Waals surface area contributed by atoms with Gasteiger partial charge in [-0.1, -0.05) is 6.07 Å². The van der Waals surface area contributed by atoms with Crippen LogP contribution in [0, 0.1) is 0 Å². The molecule has 0 aromatic carbocycles. The SMILES string of the molecule is Cn1ccc([C@H]2[C@H](c3ccccn3)NC(=S)N2CCCO)c1. The zero-order chi connectivity index (χ0) is 15.5. The van der Waals surface area contributed by atoms with Crippen molar-refractivity contribution in [1.29, 1.82) is 0 Å². The fourth-order valence-electron chi connectivity index (χ4n) is 2.95. The fourth-order valence-corrected chi connectivity index (χ4v) is 3.28. The first-order valence-corrected chi connectivity index (χ1v) is 7.82. The van der Waals surface area contributed by atoms with Gasteiger partial charge < -0.3 is 19.9 Å². The summed E-state index contributed by atoms with van der Waals surface area (Å²) in [6.45, 7) is 0.889. The van der Waals surface area contributed by atoms with Crippen LogP contribution in [0.5, 0.6) is 0 Å². The van der Waals surface area contributed by atoms with Crippen LogP contribution in [0.15, 0.2) is 42.9 Å². The average Bonchev–Trinajstić information content (AvgIpc) is 3.09. The predicted octanol–water partition coefficient (Wildman–Crippen LogP) is 1.78. The predicted molar refractivity (Wildman–Crippen MR) is 89.3 cm³/mol. The van der Waals surface area contributed by atoms with Gasteiger partial charge in [0, 0.05) is 38.8 Å². The number of aryl methyl sites for hydroxylation is 1. The molecule has 1 saturated heterocycles. The minimum atomic E-state index is 0.0230. The minimum Gasteiger partial charge on any atom is -0.396 e. The Balaban J connectivity index is 1.96. The maximum atomic E-state index is 9.15. The molecule has 2 aromatic heterocycles. The van der Waals surface area contributed by atoms with Gasteiger partial charge in [-0.2, -0.15) is 0 Å².